The van der Waals surface area contributed by atoms with E-state index in [1.807, 2.05) is 11.3 Å². The highest BCUT2D eigenvalue weighted by Crippen LogP contribution is 2.56. The van der Waals surface area contributed by atoms with Crippen LogP contribution in [-0.2, 0) is 5.41 Å². The maximum absolute atomic E-state index is 2.50. The number of thiophene rings is 1. The Morgan fingerprint density at radius 2 is 0.859 bits per heavy atom. The Morgan fingerprint density at radius 3 is 1.58 bits per heavy atom. The molecule has 0 atom stereocenters. The van der Waals surface area contributed by atoms with Crippen LogP contribution in [0.4, 0.5) is 17.1 Å². The third-order valence-electron chi connectivity index (χ3n) is 13.5. The lowest BCUT2D eigenvalue weighted by Gasteiger charge is -2.34. The van der Waals surface area contributed by atoms with Gasteiger partial charge < -0.3 is 9.47 Å². The number of hydrogen-bond acceptors (Lipinski definition) is 2. The van der Waals surface area contributed by atoms with Crippen molar-refractivity contribution in [3.8, 4) is 27.9 Å². The van der Waals surface area contributed by atoms with Crippen LogP contribution in [0.15, 0.2) is 243 Å². The van der Waals surface area contributed by atoms with Crippen molar-refractivity contribution in [3.63, 3.8) is 0 Å². The van der Waals surface area contributed by atoms with E-state index in [0.717, 1.165) is 22.7 Å². The molecule has 0 saturated carbocycles. The van der Waals surface area contributed by atoms with E-state index < -0.39 is 5.41 Å². The molecule has 0 amide bonds. The number of hydrogen-bond donors (Lipinski definition) is 0. The molecule has 2 aromatic heterocycles. The Balaban J connectivity index is 1.08. The molecule has 12 aromatic rings. The smallest absolute Gasteiger partial charge is 0.0713 e. The second-order valence-electron chi connectivity index (χ2n) is 16.8. The van der Waals surface area contributed by atoms with Gasteiger partial charge in [0.15, 0.2) is 0 Å². The van der Waals surface area contributed by atoms with Gasteiger partial charge in [-0.1, -0.05) is 164 Å². The fourth-order valence-electron chi connectivity index (χ4n) is 10.7. The van der Waals surface area contributed by atoms with Gasteiger partial charge in [0.05, 0.1) is 16.4 Å². The quantitative estimate of drug-likeness (QED) is 0.155. The summed E-state index contributed by atoms with van der Waals surface area (Å²) < 4.78 is 5.03. The minimum Gasteiger partial charge on any atom is -0.310 e. The zero-order chi connectivity index (χ0) is 42.2. The van der Waals surface area contributed by atoms with Gasteiger partial charge in [-0.15, -0.1) is 11.3 Å². The highest BCUT2D eigenvalue weighted by atomic mass is 32.1. The maximum Gasteiger partial charge on any atom is 0.0713 e. The van der Waals surface area contributed by atoms with Crippen molar-refractivity contribution in [3.05, 3.63) is 265 Å². The van der Waals surface area contributed by atoms with Gasteiger partial charge >= 0.3 is 0 Å². The lowest BCUT2D eigenvalue weighted by Crippen LogP contribution is -2.28. The van der Waals surface area contributed by atoms with Crippen LogP contribution in [0.5, 0.6) is 0 Å². The summed E-state index contributed by atoms with van der Waals surface area (Å²) >= 11 is 1.86. The molecule has 2 heterocycles. The molecule has 1 aliphatic rings. The van der Waals surface area contributed by atoms with Crippen LogP contribution in [0.25, 0.3) is 69.9 Å². The molecule has 13 rings (SSSR count). The van der Waals surface area contributed by atoms with Crippen molar-refractivity contribution in [2.45, 2.75) is 5.41 Å². The van der Waals surface area contributed by atoms with E-state index in [1.54, 1.807) is 0 Å². The number of fused-ring (bicyclic) bond motifs is 9. The molecule has 2 nitrogen and oxygen atoms in total. The first-order valence-corrected chi connectivity index (χ1v) is 22.8. The molecule has 0 radical (unpaired) electrons. The van der Waals surface area contributed by atoms with Gasteiger partial charge in [0.1, 0.15) is 0 Å². The Labute approximate surface area is 376 Å². The fourth-order valence-corrected chi connectivity index (χ4v) is 11.8. The minimum absolute atomic E-state index is 0.507. The molecule has 0 bridgehead atoms. The number of para-hydroxylation sites is 1. The summed E-state index contributed by atoms with van der Waals surface area (Å²) in [7, 11) is 0. The van der Waals surface area contributed by atoms with Crippen LogP contribution in [0, 0.1) is 0 Å². The molecule has 3 heteroatoms. The first-order valence-electron chi connectivity index (χ1n) is 22.0. The largest absolute Gasteiger partial charge is 0.310 e. The first-order chi connectivity index (χ1) is 31.7. The van der Waals surface area contributed by atoms with Gasteiger partial charge in [-0.05, 0) is 123 Å². The van der Waals surface area contributed by atoms with Gasteiger partial charge in [-0.2, -0.15) is 0 Å². The molecular formula is C61H40N2S. The van der Waals surface area contributed by atoms with Crippen molar-refractivity contribution < 1.29 is 0 Å². The van der Waals surface area contributed by atoms with Crippen molar-refractivity contribution >= 4 is 70.4 Å². The number of benzene rings is 10. The van der Waals surface area contributed by atoms with Crippen molar-refractivity contribution in [1.82, 2.24) is 4.57 Å². The van der Waals surface area contributed by atoms with Gasteiger partial charge in [0.2, 0.25) is 0 Å². The van der Waals surface area contributed by atoms with Crippen molar-refractivity contribution in [1.29, 1.82) is 0 Å². The van der Waals surface area contributed by atoms with Crippen molar-refractivity contribution in [2.75, 3.05) is 4.90 Å². The lowest BCUT2D eigenvalue weighted by atomic mass is 9.67. The Hall–Kier alpha value is -7.98. The van der Waals surface area contributed by atoms with E-state index >= 15 is 0 Å². The normalized spacial score (nSPS) is 12.8. The van der Waals surface area contributed by atoms with Gasteiger partial charge in [0, 0.05) is 53.7 Å². The van der Waals surface area contributed by atoms with E-state index in [4.69, 9.17) is 0 Å². The van der Waals surface area contributed by atoms with E-state index in [9.17, 15) is 0 Å². The summed E-state index contributed by atoms with van der Waals surface area (Å²) in [6, 6.07) is 89.7. The van der Waals surface area contributed by atoms with Crippen LogP contribution in [0.1, 0.15) is 22.3 Å². The predicted molar refractivity (Wildman–Crippen MR) is 271 cm³/mol. The second-order valence-corrected chi connectivity index (χ2v) is 17.9. The lowest BCUT2D eigenvalue weighted by molar-refractivity contribution is 0.770. The third kappa shape index (κ3) is 5.51. The molecule has 64 heavy (non-hydrogen) atoms. The predicted octanol–water partition coefficient (Wildman–Crippen LogP) is 16.7. The van der Waals surface area contributed by atoms with Crippen LogP contribution < -0.4 is 4.90 Å². The molecule has 0 N–H and O–H groups in total. The summed E-state index contributed by atoms with van der Waals surface area (Å²) in [6.07, 6.45) is 0. The van der Waals surface area contributed by atoms with E-state index in [2.05, 4.69) is 252 Å². The summed E-state index contributed by atoms with van der Waals surface area (Å²) in [6.45, 7) is 0. The third-order valence-corrected chi connectivity index (χ3v) is 14.6. The molecule has 0 spiro atoms. The van der Waals surface area contributed by atoms with Crippen LogP contribution in [0.3, 0.4) is 0 Å². The maximum atomic E-state index is 2.50. The zero-order valence-corrected chi connectivity index (χ0v) is 35.7. The molecular weight excluding hydrogens is 793 g/mol. The second kappa shape index (κ2) is 14.6. The molecule has 10 aromatic carbocycles. The van der Waals surface area contributed by atoms with E-state index in [-0.39, 0.29) is 0 Å². The minimum atomic E-state index is -0.507. The Bertz CT molecular complexity index is 3670. The molecule has 0 unspecified atom stereocenters. The number of anilines is 3. The van der Waals surface area contributed by atoms with Gasteiger partial charge in [0.25, 0.3) is 0 Å². The van der Waals surface area contributed by atoms with Crippen molar-refractivity contribution in [2.24, 2.45) is 0 Å². The molecule has 0 saturated heterocycles. The number of nitrogens with zero attached hydrogens (tertiary/aromatic N) is 2. The molecule has 300 valence electrons. The van der Waals surface area contributed by atoms with Crippen LogP contribution >= 0.6 is 11.3 Å². The summed E-state index contributed by atoms with van der Waals surface area (Å²) in [4.78, 5) is 2.44. The molecule has 0 fully saturated rings. The molecule has 1 aliphatic carbocycles. The van der Waals surface area contributed by atoms with E-state index in [1.165, 1.54) is 86.5 Å². The Morgan fingerprint density at radius 1 is 0.344 bits per heavy atom. The number of aromatic nitrogens is 1. The van der Waals surface area contributed by atoms with Crippen LogP contribution in [0.2, 0.25) is 0 Å². The average Bonchev–Trinajstić information content (AvgIpc) is 4.01. The average molecular weight is 833 g/mol. The van der Waals surface area contributed by atoms with Gasteiger partial charge in [-0.3, -0.25) is 0 Å². The highest BCUT2D eigenvalue weighted by molar-refractivity contribution is 7.25. The zero-order valence-electron chi connectivity index (χ0n) is 34.9. The summed E-state index contributed by atoms with van der Waals surface area (Å²) in [5.74, 6) is 0. The first kappa shape index (κ1) is 36.7. The van der Waals surface area contributed by atoms with E-state index in [0.29, 0.717) is 0 Å². The SMILES string of the molecule is c1ccc(-c2ccc(N(c3ccc4sc5ccccc5c4c3)c3ccc4c(c3)c3cc(C5(c6ccccc6)c6ccccc6-c6ccccc65)ccc3n4-c3ccccc3)cc2)cc1. The van der Waals surface area contributed by atoms with Gasteiger partial charge in [-0.25, -0.2) is 0 Å². The summed E-state index contributed by atoms with van der Waals surface area (Å²) in [5.41, 5.74) is 16.4. The highest BCUT2D eigenvalue weighted by Gasteiger charge is 2.46. The fraction of sp³-hybridized carbons (Fsp3) is 0.0164. The number of rotatable bonds is 7. The standard InChI is InChI=1S/C61H40N2S/c1-4-16-41(17-5-1)42-28-31-46(32-29-42)62(48-34-37-60-54(40-48)51-24-12-15-27-59(51)64-60)47-33-36-58-53(39-47)52-38-44(30-35-57(52)63(58)45-20-8-3-9-21-45)61(43-18-6-2-7-19-43)55-25-13-10-22-49(55)50-23-11-14-26-56(50)61/h1-40H. The topological polar surface area (TPSA) is 8.17 Å². The Kier molecular flexibility index (Phi) is 8.34. The summed E-state index contributed by atoms with van der Waals surface area (Å²) in [5, 5.41) is 4.99. The molecule has 0 aliphatic heterocycles. The van der Waals surface area contributed by atoms with Crippen LogP contribution in [-0.4, -0.2) is 4.57 Å². The monoisotopic (exact) mass is 832 g/mol.